The molecule has 0 aliphatic heterocycles. The molecule has 0 amide bonds. The first-order valence-electron chi connectivity index (χ1n) is 5.09. The molecule has 0 N–H and O–H groups in total. The number of alkyl halides is 3. The van der Waals surface area contributed by atoms with Crippen molar-refractivity contribution in [1.29, 1.82) is 0 Å². The number of pyridine rings is 1. The van der Waals surface area contributed by atoms with Crippen molar-refractivity contribution >= 4 is 5.78 Å². The smallest absolute Gasteiger partial charge is 0.292 e. The highest BCUT2D eigenvalue weighted by molar-refractivity contribution is 5.95. The van der Waals surface area contributed by atoms with Gasteiger partial charge in [0, 0.05) is 6.42 Å². The van der Waals surface area contributed by atoms with Gasteiger partial charge in [-0.05, 0) is 30.9 Å². The number of rotatable bonds is 0. The highest BCUT2D eigenvalue weighted by Crippen LogP contribution is 2.29. The normalized spacial score (nSPS) is 16.8. The summed E-state index contributed by atoms with van der Waals surface area (Å²) in [5.74, 6) is -0.279. The molecule has 1 aromatic heterocycles. The van der Waals surface area contributed by atoms with Crippen LogP contribution in [0.3, 0.4) is 0 Å². The van der Waals surface area contributed by atoms with Crippen molar-refractivity contribution in [2.75, 3.05) is 0 Å². The maximum absolute atomic E-state index is 12.4. The molecule has 1 heterocycles. The zero-order valence-corrected chi connectivity index (χ0v) is 8.47. The molecule has 0 bridgehead atoms. The predicted octanol–water partition coefficient (Wildman–Crippen LogP) is 3.01. The molecule has 0 fully saturated rings. The fourth-order valence-corrected chi connectivity index (χ4v) is 1.81. The number of nitrogens with zero attached hydrogens (tertiary/aromatic N) is 1. The first-order chi connectivity index (χ1) is 7.48. The summed E-state index contributed by atoms with van der Waals surface area (Å²) >= 11 is 0. The van der Waals surface area contributed by atoms with Crippen LogP contribution in [0.15, 0.2) is 12.1 Å². The Bertz CT molecular complexity index is 426. The third-order valence-corrected chi connectivity index (χ3v) is 2.63. The van der Waals surface area contributed by atoms with Gasteiger partial charge in [-0.3, -0.25) is 4.79 Å². The molecule has 0 spiro atoms. The number of carbonyl (C=O) groups is 1. The van der Waals surface area contributed by atoms with E-state index in [1.807, 2.05) is 0 Å². The Morgan fingerprint density at radius 3 is 2.50 bits per heavy atom. The lowest BCUT2D eigenvalue weighted by atomic mass is 10.1. The summed E-state index contributed by atoms with van der Waals surface area (Å²) in [6.45, 7) is 0. The lowest BCUT2D eigenvalue weighted by Gasteiger charge is -2.09. The zero-order chi connectivity index (χ0) is 11.8. The first kappa shape index (κ1) is 11.1. The molecular weight excluding hydrogens is 219 g/mol. The summed E-state index contributed by atoms with van der Waals surface area (Å²) in [6.07, 6.45) is -2.02. The van der Waals surface area contributed by atoms with Crippen LogP contribution in [0, 0.1) is 0 Å². The summed E-state index contributed by atoms with van der Waals surface area (Å²) in [5.41, 5.74) is -0.343. The van der Waals surface area contributed by atoms with Gasteiger partial charge in [0.2, 0.25) is 0 Å². The van der Waals surface area contributed by atoms with Crippen molar-refractivity contribution in [3.05, 3.63) is 29.1 Å². The number of fused-ring (bicyclic) bond motifs is 1. The molecule has 0 unspecified atom stereocenters. The minimum absolute atomic E-state index is 0.00678. The van der Waals surface area contributed by atoms with Gasteiger partial charge in [-0.2, -0.15) is 13.2 Å². The van der Waals surface area contributed by atoms with Crippen LogP contribution >= 0.6 is 0 Å². The third-order valence-electron chi connectivity index (χ3n) is 2.63. The molecule has 1 aromatic rings. The minimum atomic E-state index is -4.48. The number of halogens is 3. The Kier molecular flexibility index (Phi) is 2.69. The van der Waals surface area contributed by atoms with Crippen molar-refractivity contribution in [3.63, 3.8) is 0 Å². The van der Waals surface area contributed by atoms with Crippen molar-refractivity contribution in [3.8, 4) is 0 Å². The Labute approximate surface area is 90.5 Å². The lowest BCUT2D eigenvalue weighted by Crippen LogP contribution is -2.13. The monoisotopic (exact) mass is 229 g/mol. The topological polar surface area (TPSA) is 30.0 Å². The highest BCUT2D eigenvalue weighted by Gasteiger charge is 2.33. The molecule has 0 radical (unpaired) electrons. The zero-order valence-electron chi connectivity index (χ0n) is 8.47. The van der Waals surface area contributed by atoms with E-state index in [-0.39, 0.29) is 11.5 Å². The van der Waals surface area contributed by atoms with E-state index in [2.05, 4.69) is 4.98 Å². The van der Waals surface area contributed by atoms with E-state index in [1.165, 1.54) is 6.07 Å². The van der Waals surface area contributed by atoms with Crippen molar-refractivity contribution in [1.82, 2.24) is 4.98 Å². The number of aromatic nitrogens is 1. The number of hydrogen-bond donors (Lipinski definition) is 0. The second-order valence-electron chi connectivity index (χ2n) is 3.83. The van der Waals surface area contributed by atoms with Crippen LogP contribution in [0.1, 0.15) is 41.0 Å². The van der Waals surface area contributed by atoms with E-state index in [0.717, 1.165) is 18.9 Å². The van der Waals surface area contributed by atoms with Gasteiger partial charge in [0.15, 0.2) is 5.78 Å². The number of aryl methyl sites for hydroxylation is 1. The SMILES string of the molecule is O=C1CCCCc2ccc(C(F)(F)F)nc21. The van der Waals surface area contributed by atoms with E-state index in [9.17, 15) is 18.0 Å². The van der Waals surface area contributed by atoms with E-state index < -0.39 is 11.9 Å². The van der Waals surface area contributed by atoms with E-state index >= 15 is 0 Å². The Morgan fingerprint density at radius 1 is 1.12 bits per heavy atom. The minimum Gasteiger partial charge on any atom is -0.292 e. The number of Topliss-reactive ketones (excluding diaryl/α,β-unsaturated/α-hetero) is 1. The van der Waals surface area contributed by atoms with Crippen LogP contribution in [-0.4, -0.2) is 10.8 Å². The first-order valence-corrected chi connectivity index (χ1v) is 5.09. The number of ketones is 1. The maximum atomic E-state index is 12.4. The quantitative estimate of drug-likeness (QED) is 0.640. The molecule has 0 saturated carbocycles. The van der Waals surface area contributed by atoms with Crippen LogP contribution in [-0.2, 0) is 12.6 Å². The number of carbonyl (C=O) groups excluding carboxylic acids is 1. The van der Waals surface area contributed by atoms with Gasteiger partial charge in [0.1, 0.15) is 11.4 Å². The van der Waals surface area contributed by atoms with Gasteiger partial charge >= 0.3 is 6.18 Å². The van der Waals surface area contributed by atoms with Gasteiger partial charge in [0.05, 0.1) is 0 Å². The van der Waals surface area contributed by atoms with Crippen LogP contribution in [0.2, 0.25) is 0 Å². The second kappa shape index (κ2) is 3.88. The summed E-state index contributed by atoms with van der Waals surface area (Å²) < 4.78 is 37.2. The molecular formula is C11H10F3NO. The van der Waals surface area contributed by atoms with Crippen LogP contribution in [0.5, 0.6) is 0 Å². The average Bonchev–Trinajstić information content (AvgIpc) is 2.39. The van der Waals surface area contributed by atoms with E-state index in [1.54, 1.807) is 0 Å². The molecule has 0 atom stereocenters. The fourth-order valence-electron chi connectivity index (χ4n) is 1.81. The van der Waals surface area contributed by atoms with Crippen molar-refractivity contribution in [2.24, 2.45) is 0 Å². The van der Waals surface area contributed by atoms with Crippen LogP contribution in [0.25, 0.3) is 0 Å². The Hall–Kier alpha value is -1.39. The fraction of sp³-hybridized carbons (Fsp3) is 0.455. The lowest BCUT2D eigenvalue weighted by molar-refractivity contribution is -0.141. The third kappa shape index (κ3) is 2.08. The summed E-state index contributed by atoms with van der Waals surface area (Å²) in [5, 5.41) is 0. The molecule has 5 heteroatoms. The summed E-state index contributed by atoms with van der Waals surface area (Å²) in [7, 11) is 0. The van der Waals surface area contributed by atoms with Gasteiger partial charge in [0.25, 0.3) is 0 Å². The molecule has 2 rings (SSSR count). The molecule has 1 aliphatic rings. The largest absolute Gasteiger partial charge is 0.433 e. The predicted molar refractivity (Wildman–Crippen MR) is 51.1 cm³/mol. The highest BCUT2D eigenvalue weighted by atomic mass is 19.4. The van der Waals surface area contributed by atoms with E-state index in [0.29, 0.717) is 18.4 Å². The molecule has 16 heavy (non-hydrogen) atoms. The van der Waals surface area contributed by atoms with Gasteiger partial charge in [-0.25, -0.2) is 4.98 Å². The van der Waals surface area contributed by atoms with E-state index in [4.69, 9.17) is 0 Å². The van der Waals surface area contributed by atoms with Crippen molar-refractivity contribution in [2.45, 2.75) is 31.9 Å². The number of hydrogen-bond acceptors (Lipinski definition) is 2. The summed E-state index contributed by atoms with van der Waals surface area (Å²) in [6, 6.07) is 2.31. The molecule has 0 saturated heterocycles. The Morgan fingerprint density at radius 2 is 1.81 bits per heavy atom. The van der Waals surface area contributed by atoms with Gasteiger partial charge < -0.3 is 0 Å². The molecule has 1 aliphatic carbocycles. The summed E-state index contributed by atoms with van der Waals surface area (Å²) in [4.78, 5) is 15.0. The standard InChI is InChI=1S/C11H10F3NO/c12-11(13,14)9-6-5-7-3-1-2-4-8(16)10(7)15-9/h5-6H,1-4H2. The average molecular weight is 229 g/mol. The van der Waals surface area contributed by atoms with Crippen LogP contribution < -0.4 is 0 Å². The van der Waals surface area contributed by atoms with Crippen molar-refractivity contribution < 1.29 is 18.0 Å². The van der Waals surface area contributed by atoms with Gasteiger partial charge in [-0.15, -0.1) is 0 Å². The van der Waals surface area contributed by atoms with Crippen LogP contribution in [0.4, 0.5) is 13.2 Å². The molecule has 2 nitrogen and oxygen atoms in total. The Balaban J connectivity index is 2.47. The van der Waals surface area contributed by atoms with Gasteiger partial charge in [-0.1, -0.05) is 6.07 Å². The second-order valence-corrected chi connectivity index (χ2v) is 3.83. The maximum Gasteiger partial charge on any atom is 0.433 e. The molecule has 86 valence electrons. The molecule has 0 aromatic carbocycles.